The summed E-state index contributed by atoms with van der Waals surface area (Å²) in [5, 5.41) is 27.3. The van der Waals surface area contributed by atoms with Crippen molar-refractivity contribution in [2.45, 2.75) is 19.6 Å². The Morgan fingerprint density at radius 3 is 1.67 bits per heavy atom. The number of rotatable bonds is 12. The van der Waals surface area contributed by atoms with Crippen LogP contribution in [0.2, 0.25) is 5.02 Å². The summed E-state index contributed by atoms with van der Waals surface area (Å²) in [5.74, 6) is 0.330. The second kappa shape index (κ2) is 17.3. The lowest BCUT2D eigenvalue weighted by Gasteiger charge is -2.27. The fraction of sp³-hybridized carbons (Fsp3) is 0.0370. The number of hydrogen-bond acceptors (Lipinski definition) is 14. The quantitative estimate of drug-likeness (QED) is 0.0501. The number of ether oxygens (including phenoxy) is 2. The van der Waals surface area contributed by atoms with E-state index in [1.54, 1.807) is 18.2 Å². The largest absolute Gasteiger partial charge is 0.496 e. The van der Waals surface area contributed by atoms with Crippen LogP contribution in [0.25, 0.3) is 122 Å². The van der Waals surface area contributed by atoms with Crippen molar-refractivity contribution in [1.82, 2.24) is 0 Å². The van der Waals surface area contributed by atoms with Gasteiger partial charge in [-0.3, -0.25) is 38.4 Å². The summed E-state index contributed by atoms with van der Waals surface area (Å²) in [7, 11) is -18.1. The molecule has 14 bridgehead atoms. The summed E-state index contributed by atoms with van der Waals surface area (Å²) in [5.41, 5.74) is -4.04. The third-order valence-electron chi connectivity index (χ3n) is 14.2. The van der Waals surface area contributed by atoms with E-state index >= 15 is 0 Å². The highest BCUT2D eigenvalue weighted by atomic mass is 35.5. The number of methoxy groups -OCH3 is 2. The normalized spacial score (nSPS) is 12.8. The van der Waals surface area contributed by atoms with Gasteiger partial charge in [-0.05, 0) is 145 Å². The van der Waals surface area contributed by atoms with Crippen molar-refractivity contribution in [1.29, 1.82) is 0 Å². The number of nitro groups is 2. The summed E-state index contributed by atoms with van der Waals surface area (Å²) < 4.78 is 160. The van der Waals surface area contributed by atoms with E-state index < -0.39 is 98.0 Å². The first-order chi connectivity index (χ1) is 37.2. The Bertz CT molecular complexity index is 4890. The first-order valence-corrected chi connectivity index (χ1v) is 28.9. The number of benzene rings is 9. The lowest BCUT2D eigenvalue weighted by molar-refractivity contribution is -0.384. The van der Waals surface area contributed by atoms with Gasteiger partial charge >= 0.3 is 0 Å². The summed E-state index contributed by atoms with van der Waals surface area (Å²) in [6, 6.07) is 29.4. The second-order valence-corrected chi connectivity index (χ2v) is 24.3. The van der Waals surface area contributed by atoms with E-state index in [-0.39, 0.29) is 116 Å². The lowest BCUT2D eigenvalue weighted by atomic mass is 9.76. The highest BCUT2D eigenvalue weighted by Crippen LogP contribution is 2.63. The van der Waals surface area contributed by atoms with Crippen LogP contribution in [0.5, 0.6) is 11.5 Å². The molecule has 0 atom stereocenters. The fourth-order valence-electron chi connectivity index (χ4n) is 11.1. The van der Waals surface area contributed by atoms with E-state index in [9.17, 15) is 72.1 Å². The lowest BCUT2D eigenvalue weighted by Crippen LogP contribution is -2.11. The average molecular weight is 1160 g/mol. The third kappa shape index (κ3) is 7.82. The maximum absolute atomic E-state index is 14.2. The maximum Gasteiger partial charge on any atom is 0.295 e. The molecule has 20 nitrogen and oxygen atoms in total. The van der Waals surface area contributed by atoms with Crippen LogP contribution in [0.4, 0.5) is 11.4 Å². The molecule has 7 aliphatic carbocycles. The van der Waals surface area contributed by atoms with Crippen LogP contribution in [-0.2, 0) is 40.5 Å². The van der Waals surface area contributed by atoms with Crippen LogP contribution in [0, 0.1) is 32.4 Å². The predicted octanol–water partition coefficient (Wildman–Crippen LogP) is 11.5. The first kappa shape index (κ1) is 51.3. The number of halogens is 1. The minimum atomic E-state index is -5.48. The van der Waals surface area contributed by atoms with Crippen molar-refractivity contribution in [3.8, 4) is 123 Å². The van der Waals surface area contributed by atoms with Crippen LogP contribution in [-0.4, -0.2) is 75.9 Å². The second-order valence-electron chi connectivity index (χ2n) is 18.3. The molecule has 7 aliphatic rings. The zero-order chi connectivity index (χ0) is 56.3. The monoisotopic (exact) mass is 1160 g/mol. The van der Waals surface area contributed by atoms with E-state index in [0.29, 0.717) is 5.56 Å². The molecule has 0 spiro atoms. The summed E-state index contributed by atoms with van der Waals surface area (Å²) in [6.07, 6.45) is 0. The van der Waals surface area contributed by atoms with Gasteiger partial charge in [-0.25, -0.2) is 0 Å². The molecule has 25 heteroatoms. The van der Waals surface area contributed by atoms with Crippen molar-refractivity contribution in [3.63, 3.8) is 0 Å². The van der Waals surface area contributed by atoms with E-state index in [1.165, 1.54) is 62.8 Å². The van der Waals surface area contributed by atoms with E-state index in [1.807, 2.05) is 0 Å². The van der Waals surface area contributed by atoms with E-state index in [0.717, 1.165) is 48.5 Å². The van der Waals surface area contributed by atoms with Crippen LogP contribution in [0.1, 0.15) is 0 Å². The SMILES string of the molecule is COc1[c]ccc(-c2cc3c(-c4cc5c([N+](=O)[O-])c(-c6cc7c(S(=O)(=O)O)c(-c8cc[c]c(S(=O)(=O)O)c8)c6-c6ccc-7cc6[N+](=O)[O-])c4-c4ccc(OC)c-5c4)c(c2Cl)-c2cc(S(=O)(=O)O)cc4c-3cc(S(=O)(=O)O)cc24)c1. The van der Waals surface area contributed by atoms with Gasteiger partial charge in [0.25, 0.3) is 51.8 Å². The molecule has 4 N–H and O–H groups in total. The van der Waals surface area contributed by atoms with Crippen molar-refractivity contribution in [2.24, 2.45) is 0 Å². The number of hydrogen-bond donors (Lipinski definition) is 4. The molecule has 9 aromatic carbocycles. The Kier molecular flexibility index (Phi) is 11.2. The molecule has 0 amide bonds. The number of nitro benzene ring substituents is 2. The minimum absolute atomic E-state index is 0.00738. The molecule has 394 valence electrons. The first-order valence-electron chi connectivity index (χ1n) is 22.7. The fourth-order valence-corrected chi connectivity index (χ4v) is 13.9. The Labute approximate surface area is 452 Å². The van der Waals surface area contributed by atoms with E-state index in [2.05, 4.69) is 12.1 Å². The molecule has 79 heavy (non-hydrogen) atoms. The molecule has 2 radical (unpaired) electrons. The molecule has 0 unspecified atom stereocenters. The minimum Gasteiger partial charge on any atom is -0.496 e. The van der Waals surface area contributed by atoms with Crippen molar-refractivity contribution < 1.29 is 71.2 Å². The van der Waals surface area contributed by atoms with Crippen LogP contribution in [0.3, 0.4) is 0 Å². The highest BCUT2D eigenvalue weighted by molar-refractivity contribution is 7.86. The van der Waals surface area contributed by atoms with Crippen LogP contribution >= 0.6 is 11.6 Å². The van der Waals surface area contributed by atoms with Gasteiger partial charge in [-0.15, -0.1) is 0 Å². The maximum atomic E-state index is 14.2. The Hall–Kier alpha value is -8.43. The molecule has 0 fully saturated rings. The summed E-state index contributed by atoms with van der Waals surface area (Å²) in [4.78, 5) is 22.7. The Balaban J connectivity index is 1.35. The average Bonchev–Trinajstić information content (AvgIpc) is 3.89. The molecular weight excluding hydrogens is 1130 g/mol. The molecule has 0 saturated heterocycles. The Morgan fingerprint density at radius 1 is 0.456 bits per heavy atom. The zero-order valence-electron chi connectivity index (χ0n) is 39.9. The highest BCUT2D eigenvalue weighted by Gasteiger charge is 2.42. The van der Waals surface area contributed by atoms with Crippen molar-refractivity contribution in [2.75, 3.05) is 14.2 Å². The molecule has 0 saturated carbocycles. The standard InChI is InChI=1S/C54H29ClN2O18S4/c1-74-28-7-3-5-24(13-28)33-21-40-37-19-30(77(65,66)67)18-36-35(37)17-31(78(68,69)70)20-39(36)50(52(33)55)49(40)42-23-41-38-15-27(10-12-45(38)75-2)46(42)51(53(41)57(60)61)43-22-34-25-9-11-32(44(16-25)56(58)59)48(43)47(54(34)79(71,72)73)26-6-4-8-29(14-26)76(62,63)64/h3-6,9-23H,1-2H3,(H,62,63,64)(H,65,66,67)(H,68,69,70)(H,71,72,73). The molecule has 9 aromatic rings. The third-order valence-corrected chi connectivity index (χ3v) is 18.0. The van der Waals surface area contributed by atoms with Gasteiger partial charge in [0.05, 0.1) is 55.6 Å². The smallest absolute Gasteiger partial charge is 0.295 e. The van der Waals surface area contributed by atoms with E-state index in [4.69, 9.17) is 21.1 Å². The van der Waals surface area contributed by atoms with Crippen molar-refractivity contribution in [3.05, 3.63) is 153 Å². The van der Waals surface area contributed by atoms with Gasteiger partial charge in [-0.1, -0.05) is 41.9 Å². The van der Waals surface area contributed by atoms with Gasteiger partial charge in [0.15, 0.2) is 0 Å². The van der Waals surface area contributed by atoms with Gasteiger partial charge in [0, 0.05) is 57.1 Å². The van der Waals surface area contributed by atoms with Gasteiger partial charge in [0.2, 0.25) is 0 Å². The van der Waals surface area contributed by atoms with Gasteiger partial charge < -0.3 is 9.47 Å². The zero-order valence-corrected chi connectivity index (χ0v) is 43.9. The van der Waals surface area contributed by atoms with Gasteiger partial charge in [0.1, 0.15) is 21.3 Å². The Morgan fingerprint density at radius 2 is 1.04 bits per heavy atom. The van der Waals surface area contributed by atoms with Crippen LogP contribution < -0.4 is 9.47 Å². The number of nitrogens with zero attached hydrogens (tertiary/aromatic N) is 2. The topological polar surface area (TPSA) is 322 Å². The van der Waals surface area contributed by atoms with Gasteiger partial charge in [-0.2, -0.15) is 33.7 Å². The number of fused-ring (bicyclic) bond motifs is 7. The van der Waals surface area contributed by atoms with Crippen molar-refractivity contribution >= 4 is 74.2 Å². The summed E-state index contributed by atoms with van der Waals surface area (Å²) in [6.45, 7) is 0. The molecule has 0 aromatic heterocycles. The molecule has 0 aliphatic heterocycles. The van der Waals surface area contributed by atoms with Crippen LogP contribution in [0.15, 0.2) is 135 Å². The molecular formula is C54H29ClN2O18S4. The predicted molar refractivity (Wildman–Crippen MR) is 287 cm³/mol. The molecule has 0 heterocycles. The molecule has 16 rings (SSSR count). The summed E-state index contributed by atoms with van der Waals surface area (Å²) >= 11 is 7.67.